The predicted molar refractivity (Wildman–Crippen MR) is 130 cm³/mol. The van der Waals surface area contributed by atoms with Crippen molar-refractivity contribution in [2.75, 3.05) is 26.2 Å². The Balaban J connectivity index is 1.78. The molecular weight excluding hydrogens is 414 g/mol. The number of para-hydroxylation sites is 1. The van der Waals surface area contributed by atoms with Crippen molar-refractivity contribution in [3.05, 3.63) is 76.2 Å². The first-order chi connectivity index (χ1) is 16.1. The van der Waals surface area contributed by atoms with Gasteiger partial charge in [0.15, 0.2) is 0 Å². The van der Waals surface area contributed by atoms with Crippen LogP contribution in [0.3, 0.4) is 0 Å². The Labute approximate surface area is 194 Å². The van der Waals surface area contributed by atoms with Crippen LogP contribution in [-0.4, -0.2) is 52.3 Å². The van der Waals surface area contributed by atoms with Crippen LogP contribution in [0.4, 0.5) is 0 Å². The molecule has 1 aromatic heterocycles. The molecule has 172 valence electrons. The zero-order chi connectivity index (χ0) is 22.8. The summed E-state index contributed by atoms with van der Waals surface area (Å²) in [5, 5.41) is 14.9. The van der Waals surface area contributed by atoms with Gasteiger partial charge in [0.1, 0.15) is 6.54 Å². The molecule has 3 aromatic rings. The average molecular weight is 447 g/mol. The number of hydrogen-bond donors (Lipinski definition) is 2. The van der Waals surface area contributed by atoms with Gasteiger partial charge >= 0.3 is 5.97 Å². The number of quaternary nitrogens is 1. The average Bonchev–Trinajstić information content (AvgIpc) is 2.86. The van der Waals surface area contributed by atoms with E-state index in [4.69, 9.17) is 0 Å². The molecule has 2 N–H and O–H groups in total. The zero-order valence-electron chi connectivity index (χ0n) is 19.0. The molecule has 6 nitrogen and oxygen atoms in total. The van der Waals surface area contributed by atoms with Crippen molar-refractivity contribution in [1.82, 2.24) is 9.88 Å². The van der Waals surface area contributed by atoms with E-state index < -0.39 is 5.97 Å². The highest BCUT2D eigenvalue weighted by atomic mass is 16.4. The fraction of sp³-hybridized carbons (Fsp3) is 0.407. The molecule has 33 heavy (non-hydrogen) atoms. The third-order valence-corrected chi connectivity index (χ3v) is 7.67. The van der Waals surface area contributed by atoms with Crippen molar-refractivity contribution in [3.8, 4) is 5.69 Å². The van der Waals surface area contributed by atoms with Crippen LogP contribution in [0.15, 0.2) is 59.4 Å². The normalized spacial score (nSPS) is 18.9. The van der Waals surface area contributed by atoms with E-state index >= 15 is 0 Å². The molecule has 0 amide bonds. The summed E-state index contributed by atoms with van der Waals surface area (Å²) in [7, 11) is 0. The lowest BCUT2D eigenvalue weighted by molar-refractivity contribution is -0.968. The van der Waals surface area contributed by atoms with Crippen molar-refractivity contribution >= 4 is 16.7 Å². The summed E-state index contributed by atoms with van der Waals surface area (Å²) in [6.07, 6.45) is 5.70. The minimum atomic E-state index is -0.966. The second-order valence-corrected chi connectivity index (χ2v) is 9.51. The van der Waals surface area contributed by atoms with Gasteiger partial charge in [-0.3, -0.25) is 9.36 Å². The number of carbonyl (C=O) groups is 1. The highest BCUT2D eigenvalue weighted by Crippen LogP contribution is 2.33. The molecule has 0 saturated carbocycles. The van der Waals surface area contributed by atoms with E-state index in [1.807, 2.05) is 36.4 Å². The second-order valence-electron chi connectivity index (χ2n) is 9.51. The first-order valence-corrected chi connectivity index (χ1v) is 12.1. The highest BCUT2D eigenvalue weighted by Gasteiger charge is 2.41. The number of rotatable bonds is 5. The molecule has 0 radical (unpaired) electrons. The summed E-state index contributed by atoms with van der Waals surface area (Å²) < 4.78 is 2.56. The number of carboxylic acid groups (broad SMARTS) is 1. The van der Waals surface area contributed by atoms with E-state index in [-0.39, 0.29) is 11.1 Å². The van der Waals surface area contributed by atoms with Gasteiger partial charge in [0, 0.05) is 42.4 Å². The van der Waals surface area contributed by atoms with Gasteiger partial charge in [0.2, 0.25) is 0 Å². The van der Waals surface area contributed by atoms with Crippen LogP contribution in [0.25, 0.3) is 16.5 Å². The number of carboxylic acids is 1. The van der Waals surface area contributed by atoms with Crippen LogP contribution >= 0.6 is 0 Å². The maximum absolute atomic E-state index is 13.8. The fourth-order valence-electron chi connectivity index (χ4n) is 6.08. The zero-order valence-corrected chi connectivity index (χ0v) is 19.0. The van der Waals surface area contributed by atoms with E-state index in [1.54, 1.807) is 22.8 Å². The molecule has 5 rings (SSSR count). The van der Waals surface area contributed by atoms with E-state index in [1.165, 1.54) is 6.42 Å². The van der Waals surface area contributed by atoms with Crippen LogP contribution in [0.2, 0.25) is 0 Å². The van der Waals surface area contributed by atoms with Crippen LogP contribution < -0.4 is 10.9 Å². The van der Waals surface area contributed by atoms with Gasteiger partial charge < -0.3 is 14.9 Å². The fourth-order valence-corrected chi connectivity index (χ4v) is 6.08. The molecule has 2 fully saturated rings. The summed E-state index contributed by atoms with van der Waals surface area (Å²) in [4.78, 5) is 26.5. The van der Waals surface area contributed by atoms with Gasteiger partial charge in [-0.05, 0) is 37.5 Å². The number of aromatic carboxylic acids is 1. The van der Waals surface area contributed by atoms with E-state index in [9.17, 15) is 14.7 Å². The topological polar surface area (TPSA) is 71.3 Å². The summed E-state index contributed by atoms with van der Waals surface area (Å²) in [6, 6.07) is 17.2. The second kappa shape index (κ2) is 9.12. The lowest BCUT2D eigenvalue weighted by Crippen LogP contribution is -2.60. The van der Waals surface area contributed by atoms with Gasteiger partial charge in [-0.2, -0.15) is 0 Å². The van der Waals surface area contributed by atoms with E-state index in [0.717, 1.165) is 62.0 Å². The number of nitrogens with one attached hydrogen (secondary N) is 1. The minimum Gasteiger partial charge on any atom is -0.478 e. The first-order valence-electron chi connectivity index (χ1n) is 12.1. The summed E-state index contributed by atoms with van der Waals surface area (Å²) in [5.41, 5.74) is 1.49. The van der Waals surface area contributed by atoms with Crippen molar-refractivity contribution in [2.45, 2.75) is 44.7 Å². The molecular formula is C27H32N3O3+. The lowest BCUT2D eigenvalue weighted by Gasteiger charge is -2.49. The van der Waals surface area contributed by atoms with E-state index in [2.05, 4.69) is 5.32 Å². The molecule has 0 unspecified atom stereocenters. The molecule has 0 aliphatic carbocycles. The van der Waals surface area contributed by atoms with Crippen LogP contribution in [0.5, 0.6) is 0 Å². The van der Waals surface area contributed by atoms with Gasteiger partial charge in [-0.1, -0.05) is 36.4 Å². The minimum absolute atomic E-state index is 0.141. The Bertz CT molecular complexity index is 1210. The van der Waals surface area contributed by atoms with Crippen molar-refractivity contribution in [1.29, 1.82) is 0 Å². The number of pyridine rings is 1. The Morgan fingerprint density at radius 3 is 2.24 bits per heavy atom. The quantitative estimate of drug-likeness (QED) is 0.583. The Kier molecular flexibility index (Phi) is 6.04. The van der Waals surface area contributed by atoms with Crippen molar-refractivity contribution < 1.29 is 14.4 Å². The lowest BCUT2D eigenvalue weighted by atomic mass is 9.94. The molecule has 2 saturated heterocycles. The number of hydrogen-bond acceptors (Lipinski definition) is 3. The van der Waals surface area contributed by atoms with Crippen molar-refractivity contribution in [2.24, 2.45) is 0 Å². The largest absolute Gasteiger partial charge is 0.478 e. The smallest absolute Gasteiger partial charge is 0.338 e. The SMILES string of the molecule is O=C(O)c1c(C[N+]2(C3CCNCC3)CCCCC2)n(-c2ccccc2)c(=O)c2ccccc12. The molecule has 2 aliphatic rings. The third kappa shape index (κ3) is 3.98. The number of likely N-dealkylation sites (tertiary alicyclic amines) is 1. The molecule has 2 aromatic carbocycles. The van der Waals surface area contributed by atoms with Crippen molar-refractivity contribution in [3.63, 3.8) is 0 Å². The Morgan fingerprint density at radius 1 is 0.939 bits per heavy atom. The maximum Gasteiger partial charge on any atom is 0.338 e. The van der Waals surface area contributed by atoms with Gasteiger partial charge in [0.25, 0.3) is 5.56 Å². The van der Waals surface area contributed by atoms with E-state index in [0.29, 0.717) is 29.1 Å². The number of piperidine rings is 2. The molecule has 0 spiro atoms. The van der Waals surface area contributed by atoms with Gasteiger partial charge in [0.05, 0.1) is 30.4 Å². The van der Waals surface area contributed by atoms with Gasteiger partial charge in [-0.25, -0.2) is 4.79 Å². The molecule has 3 heterocycles. The number of nitrogens with zero attached hydrogens (tertiary/aromatic N) is 2. The number of fused-ring (bicyclic) bond motifs is 1. The first kappa shape index (κ1) is 21.9. The summed E-state index contributed by atoms with van der Waals surface area (Å²) in [5.74, 6) is -0.966. The Morgan fingerprint density at radius 2 is 1.58 bits per heavy atom. The number of aromatic nitrogens is 1. The van der Waals surface area contributed by atoms with Crippen LogP contribution in [0.1, 0.15) is 48.2 Å². The standard InChI is InChI=1S/C27H31N3O3/c31-26-23-12-6-5-11-22(23)25(27(32)33)24(29(26)20-9-3-1-4-10-20)19-30(17-7-2-8-18-30)21-13-15-28-16-14-21/h1,3-6,9-12,21,28H,2,7-8,13-19H2/p+1. The monoisotopic (exact) mass is 446 g/mol. The Hall–Kier alpha value is -2.96. The third-order valence-electron chi connectivity index (χ3n) is 7.67. The molecule has 0 bridgehead atoms. The summed E-state index contributed by atoms with van der Waals surface area (Å²) in [6.45, 7) is 4.65. The molecule has 6 heteroatoms. The molecule has 2 aliphatic heterocycles. The number of benzene rings is 2. The summed E-state index contributed by atoms with van der Waals surface area (Å²) >= 11 is 0. The van der Waals surface area contributed by atoms with Crippen LogP contribution in [0, 0.1) is 0 Å². The molecule has 0 atom stereocenters. The van der Waals surface area contributed by atoms with Gasteiger partial charge in [-0.15, -0.1) is 0 Å². The van der Waals surface area contributed by atoms with Crippen LogP contribution in [-0.2, 0) is 6.54 Å². The maximum atomic E-state index is 13.8. The predicted octanol–water partition coefficient (Wildman–Crippen LogP) is 3.94. The highest BCUT2D eigenvalue weighted by molar-refractivity contribution is 6.04.